The van der Waals surface area contributed by atoms with Crippen molar-refractivity contribution in [3.05, 3.63) is 40.5 Å². The number of nitrogens with one attached hydrogen (secondary N) is 2. The van der Waals surface area contributed by atoms with Crippen LogP contribution in [0.25, 0.3) is 0 Å². The lowest BCUT2D eigenvalue weighted by molar-refractivity contribution is 0.753. The summed E-state index contributed by atoms with van der Waals surface area (Å²) < 4.78 is 0. The van der Waals surface area contributed by atoms with Gasteiger partial charge in [-0.2, -0.15) is 4.98 Å². The zero-order valence-corrected chi connectivity index (χ0v) is 12.8. The molecule has 2 rings (SSSR count). The molecule has 0 aliphatic rings. The van der Waals surface area contributed by atoms with Crippen LogP contribution >= 0.6 is 23.2 Å². The van der Waals surface area contributed by atoms with Crippen LogP contribution in [0.4, 0.5) is 17.5 Å². The summed E-state index contributed by atoms with van der Waals surface area (Å²) >= 11 is 12.2. The van der Waals surface area contributed by atoms with Crippen molar-refractivity contribution in [2.24, 2.45) is 0 Å². The minimum atomic E-state index is 0.314. The van der Waals surface area contributed by atoms with Crippen LogP contribution in [0, 0.1) is 0 Å². The van der Waals surface area contributed by atoms with E-state index in [0.29, 0.717) is 33.5 Å². The number of anilines is 3. The third-order valence-corrected chi connectivity index (χ3v) is 3.49. The van der Waals surface area contributed by atoms with Crippen LogP contribution in [0.1, 0.15) is 20.3 Å². The summed E-state index contributed by atoms with van der Waals surface area (Å²) in [4.78, 5) is 8.57. The van der Waals surface area contributed by atoms with Crippen molar-refractivity contribution in [3.63, 3.8) is 0 Å². The number of benzene rings is 1. The van der Waals surface area contributed by atoms with E-state index in [0.717, 1.165) is 6.42 Å². The van der Waals surface area contributed by atoms with Gasteiger partial charge in [0.1, 0.15) is 5.82 Å². The van der Waals surface area contributed by atoms with E-state index in [9.17, 15) is 0 Å². The van der Waals surface area contributed by atoms with E-state index in [4.69, 9.17) is 23.2 Å². The van der Waals surface area contributed by atoms with E-state index in [1.54, 1.807) is 30.5 Å². The maximum Gasteiger partial charge on any atom is 0.224 e. The van der Waals surface area contributed by atoms with Gasteiger partial charge in [-0.1, -0.05) is 36.2 Å². The number of aromatic nitrogens is 2. The molecule has 0 fully saturated rings. The Morgan fingerprint density at radius 3 is 2.55 bits per heavy atom. The third kappa shape index (κ3) is 3.74. The molecule has 1 heterocycles. The number of para-hydroxylation sites is 1. The van der Waals surface area contributed by atoms with Gasteiger partial charge in [-0.3, -0.25) is 0 Å². The summed E-state index contributed by atoms with van der Waals surface area (Å²) in [7, 11) is 0. The maximum absolute atomic E-state index is 6.12. The van der Waals surface area contributed by atoms with E-state index < -0.39 is 0 Å². The van der Waals surface area contributed by atoms with Gasteiger partial charge in [0.2, 0.25) is 5.95 Å². The first-order valence-electron chi connectivity index (χ1n) is 6.40. The molecule has 0 spiro atoms. The molecule has 0 saturated heterocycles. The first-order valence-corrected chi connectivity index (χ1v) is 7.16. The highest BCUT2D eigenvalue weighted by Gasteiger charge is 2.08. The van der Waals surface area contributed by atoms with Gasteiger partial charge in [-0.15, -0.1) is 0 Å². The van der Waals surface area contributed by atoms with E-state index in [1.807, 2.05) is 0 Å². The Labute approximate surface area is 128 Å². The predicted molar refractivity (Wildman–Crippen MR) is 85.2 cm³/mol. The number of nitrogens with zero attached hydrogens (tertiary/aromatic N) is 2. The molecule has 2 aromatic rings. The maximum atomic E-state index is 6.12. The molecule has 1 unspecified atom stereocenters. The van der Waals surface area contributed by atoms with Crippen molar-refractivity contribution in [2.75, 3.05) is 10.6 Å². The Morgan fingerprint density at radius 1 is 1.20 bits per heavy atom. The second kappa shape index (κ2) is 6.77. The monoisotopic (exact) mass is 310 g/mol. The Hall–Kier alpha value is -1.52. The van der Waals surface area contributed by atoms with Crippen LogP contribution in [0.3, 0.4) is 0 Å². The molecule has 1 atom stereocenters. The Kier molecular flexibility index (Phi) is 5.04. The summed E-state index contributed by atoms with van der Waals surface area (Å²) in [5, 5.41) is 7.43. The van der Waals surface area contributed by atoms with Crippen molar-refractivity contribution < 1.29 is 0 Å². The zero-order valence-electron chi connectivity index (χ0n) is 11.3. The standard InChI is InChI=1S/C14H16Cl2N4/c1-3-9(2)18-14-17-8-7-12(20-14)19-13-10(15)5-4-6-11(13)16/h4-9H,3H2,1-2H3,(H2,17,18,19,20). The first-order chi connectivity index (χ1) is 9.60. The fraction of sp³-hybridized carbons (Fsp3) is 0.286. The van der Waals surface area contributed by atoms with Crippen LogP contribution in [-0.2, 0) is 0 Å². The predicted octanol–water partition coefficient (Wildman–Crippen LogP) is 4.74. The largest absolute Gasteiger partial charge is 0.352 e. The highest BCUT2D eigenvalue weighted by molar-refractivity contribution is 6.39. The summed E-state index contributed by atoms with van der Waals surface area (Å²) in [5.41, 5.74) is 0.643. The van der Waals surface area contributed by atoms with Crippen LogP contribution < -0.4 is 10.6 Å². The molecule has 4 nitrogen and oxygen atoms in total. The average Bonchev–Trinajstić information content (AvgIpc) is 2.43. The number of hydrogen-bond acceptors (Lipinski definition) is 4. The van der Waals surface area contributed by atoms with Gasteiger partial charge in [0, 0.05) is 12.2 Å². The lowest BCUT2D eigenvalue weighted by Gasteiger charge is -2.13. The van der Waals surface area contributed by atoms with Crippen LogP contribution in [0.15, 0.2) is 30.5 Å². The van der Waals surface area contributed by atoms with Gasteiger partial charge in [-0.25, -0.2) is 4.98 Å². The molecule has 0 aliphatic heterocycles. The van der Waals surface area contributed by atoms with E-state index in [1.165, 1.54) is 0 Å². The van der Waals surface area contributed by atoms with Gasteiger partial charge >= 0.3 is 0 Å². The van der Waals surface area contributed by atoms with Crippen LogP contribution in [-0.4, -0.2) is 16.0 Å². The summed E-state index contributed by atoms with van der Waals surface area (Å²) in [5.74, 6) is 1.22. The first kappa shape index (κ1) is 14.9. The van der Waals surface area contributed by atoms with Gasteiger partial charge < -0.3 is 10.6 Å². The van der Waals surface area contributed by atoms with E-state index in [2.05, 4.69) is 34.4 Å². The molecule has 0 amide bonds. The van der Waals surface area contributed by atoms with Gasteiger partial charge in [0.05, 0.1) is 15.7 Å². The molecule has 6 heteroatoms. The molecule has 0 bridgehead atoms. The van der Waals surface area contributed by atoms with Crippen molar-refractivity contribution >= 4 is 40.7 Å². The normalized spacial score (nSPS) is 12.0. The molecule has 0 saturated carbocycles. The number of halogens is 2. The Balaban J connectivity index is 2.20. The molecule has 1 aromatic carbocycles. The van der Waals surface area contributed by atoms with Crippen LogP contribution in [0.2, 0.25) is 10.0 Å². The van der Waals surface area contributed by atoms with E-state index in [-0.39, 0.29) is 0 Å². The summed E-state index contributed by atoms with van der Waals surface area (Å²) in [6.07, 6.45) is 2.68. The molecule has 106 valence electrons. The lowest BCUT2D eigenvalue weighted by atomic mass is 10.3. The van der Waals surface area contributed by atoms with Crippen molar-refractivity contribution in [3.8, 4) is 0 Å². The average molecular weight is 311 g/mol. The molecule has 0 radical (unpaired) electrons. The molecular weight excluding hydrogens is 295 g/mol. The van der Waals surface area contributed by atoms with Gasteiger partial charge in [0.25, 0.3) is 0 Å². The lowest BCUT2D eigenvalue weighted by Crippen LogP contribution is -2.15. The smallest absolute Gasteiger partial charge is 0.224 e. The second-order valence-corrected chi connectivity index (χ2v) is 5.26. The summed E-state index contributed by atoms with van der Waals surface area (Å²) in [6.45, 7) is 4.18. The van der Waals surface area contributed by atoms with Crippen molar-refractivity contribution in [1.29, 1.82) is 0 Å². The molecule has 0 aliphatic carbocycles. The SMILES string of the molecule is CCC(C)Nc1nccc(Nc2c(Cl)cccc2Cl)n1. The number of rotatable bonds is 5. The zero-order chi connectivity index (χ0) is 14.5. The van der Waals surface area contributed by atoms with Crippen molar-refractivity contribution in [2.45, 2.75) is 26.3 Å². The summed E-state index contributed by atoms with van der Waals surface area (Å²) in [6, 6.07) is 7.42. The molecule has 20 heavy (non-hydrogen) atoms. The van der Waals surface area contributed by atoms with E-state index >= 15 is 0 Å². The molecule has 2 N–H and O–H groups in total. The quantitative estimate of drug-likeness (QED) is 0.837. The van der Waals surface area contributed by atoms with Gasteiger partial charge in [0.15, 0.2) is 0 Å². The van der Waals surface area contributed by atoms with Gasteiger partial charge in [-0.05, 0) is 31.5 Å². The highest BCUT2D eigenvalue weighted by Crippen LogP contribution is 2.32. The highest BCUT2D eigenvalue weighted by atomic mass is 35.5. The second-order valence-electron chi connectivity index (χ2n) is 4.44. The third-order valence-electron chi connectivity index (χ3n) is 2.86. The fourth-order valence-corrected chi connectivity index (χ4v) is 2.06. The Bertz CT molecular complexity index is 569. The fourth-order valence-electron chi connectivity index (χ4n) is 1.57. The minimum absolute atomic E-state index is 0.314. The van der Waals surface area contributed by atoms with Crippen LogP contribution in [0.5, 0.6) is 0 Å². The minimum Gasteiger partial charge on any atom is -0.352 e. The number of hydrogen-bond donors (Lipinski definition) is 2. The molecule has 1 aromatic heterocycles. The molecular formula is C14H16Cl2N4. The topological polar surface area (TPSA) is 49.8 Å². The van der Waals surface area contributed by atoms with Crippen molar-refractivity contribution in [1.82, 2.24) is 9.97 Å². The Morgan fingerprint density at radius 2 is 1.90 bits per heavy atom.